The van der Waals surface area contributed by atoms with Crippen LogP contribution in [-0.2, 0) is 11.2 Å². The van der Waals surface area contributed by atoms with E-state index in [1.807, 2.05) is 18.2 Å². The summed E-state index contributed by atoms with van der Waals surface area (Å²) >= 11 is 3.29. The van der Waals surface area contributed by atoms with Crippen LogP contribution in [0.1, 0.15) is 5.56 Å². The number of hydrogen-bond acceptors (Lipinski definition) is 4. The SMILES string of the molecule is CN1C(=O)Cc2cc(Nc3ncc(Br)cn3)ccc21. The highest BCUT2D eigenvalue weighted by molar-refractivity contribution is 9.10. The molecule has 2 aromatic rings. The van der Waals surface area contributed by atoms with E-state index in [1.54, 1.807) is 24.3 Å². The van der Waals surface area contributed by atoms with Gasteiger partial charge in [0.25, 0.3) is 0 Å². The maximum atomic E-state index is 11.6. The Morgan fingerprint density at radius 3 is 2.79 bits per heavy atom. The van der Waals surface area contributed by atoms with Crippen molar-refractivity contribution in [1.82, 2.24) is 9.97 Å². The second-order valence-electron chi connectivity index (χ2n) is 4.32. The van der Waals surface area contributed by atoms with Gasteiger partial charge in [-0.25, -0.2) is 9.97 Å². The van der Waals surface area contributed by atoms with E-state index in [1.165, 1.54) is 0 Å². The van der Waals surface area contributed by atoms with Gasteiger partial charge in [-0.2, -0.15) is 0 Å². The van der Waals surface area contributed by atoms with Crippen LogP contribution in [-0.4, -0.2) is 22.9 Å². The highest BCUT2D eigenvalue weighted by Crippen LogP contribution is 2.30. The first kappa shape index (κ1) is 12.1. The summed E-state index contributed by atoms with van der Waals surface area (Å²) in [5.74, 6) is 0.646. The predicted octanol–water partition coefficient (Wildman–Crippen LogP) is 2.50. The molecule has 0 radical (unpaired) electrons. The predicted molar refractivity (Wildman–Crippen MR) is 76.6 cm³/mol. The number of likely N-dealkylation sites (N-methyl/N-ethyl adjacent to an activating group) is 1. The van der Waals surface area contributed by atoms with Gasteiger partial charge in [0.1, 0.15) is 0 Å². The van der Waals surface area contributed by atoms with E-state index in [4.69, 9.17) is 0 Å². The Kier molecular flexibility index (Phi) is 2.94. The van der Waals surface area contributed by atoms with Crippen molar-refractivity contribution in [3.05, 3.63) is 40.6 Å². The van der Waals surface area contributed by atoms with E-state index in [0.717, 1.165) is 21.4 Å². The molecule has 6 heteroatoms. The van der Waals surface area contributed by atoms with E-state index in [0.29, 0.717) is 12.4 Å². The van der Waals surface area contributed by atoms with Crippen molar-refractivity contribution in [2.24, 2.45) is 0 Å². The molecule has 2 heterocycles. The van der Waals surface area contributed by atoms with Gasteiger partial charge in [-0.3, -0.25) is 4.79 Å². The molecule has 1 aromatic carbocycles. The Hall–Kier alpha value is -1.95. The van der Waals surface area contributed by atoms with Gasteiger partial charge in [-0.15, -0.1) is 0 Å². The molecule has 0 unspecified atom stereocenters. The number of anilines is 3. The number of nitrogens with one attached hydrogen (secondary N) is 1. The smallest absolute Gasteiger partial charge is 0.231 e. The zero-order chi connectivity index (χ0) is 13.4. The molecular formula is C13H11BrN4O. The number of hydrogen-bond donors (Lipinski definition) is 1. The normalized spacial score (nSPS) is 13.6. The van der Waals surface area contributed by atoms with Gasteiger partial charge in [-0.05, 0) is 39.7 Å². The number of halogens is 1. The molecule has 0 saturated carbocycles. The third-order valence-corrected chi connectivity index (χ3v) is 3.44. The maximum Gasteiger partial charge on any atom is 0.231 e. The molecule has 0 fully saturated rings. The number of amides is 1. The third kappa shape index (κ3) is 2.31. The summed E-state index contributed by atoms with van der Waals surface area (Å²) in [6.45, 7) is 0. The highest BCUT2D eigenvalue weighted by atomic mass is 79.9. The van der Waals surface area contributed by atoms with Gasteiger partial charge in [0.2, 0.25) is 11.9 Å². The monoisotopic (exact) mass is 318 g/mol. The van der Waals surface area contributed by atoms with Crippen LogP contribution in [0.25, 0.3) is 0 Å². The van der Waals surface area contributed by atoms with E-state index >= 15 is 0 Å². The molecule has 0 atom stereocenters. The van der Waals surface area contributed by atoms with Crippen LogP contribution in [0.5, 0.6) is 0 Å². The standard InChI is InChI=1S/C13H11BrN4O/c1-18-11-3-2-10(4-8(11)5-12(18)19)17-13-15-6-9(14)7-16-13/h2-4,6-7H,5H2,1H3,(H,15,16,17). The van der Waals surface area contributed by atoms with Crippen LogP contribution in [0.3, 0.4) is 0 Å². The van der Waals surface area contributed by atoms with E-state index in [-0.39, 0.29) is 5.91 Å². The number of benzene rings is 1. The number of nitrogens with zero attached hydrogens (tertiary/aromatic N) is 3. The molecule has 1 aliphatic heterocycles. The van der Waals surface area contributed by atoms with Crippen LogP contribution in [0.2, 0.25) is 0 Å². The molecule has 0 aliphatic carbocycles. The summed E-state index contributed by atoms with van der Waals surface area (Å²) in [4.78, 5) is 21.6. The fraction of sp³-hybridized carbons (Fsp3) is 0.154. The van der Waals surface area contributed by atoms with Crippen LogP contribution >= 0.6 is 15.9 Å². The van der Waals surface area contributed by atoms with Gasteiger partial charge >= 0.3 is 0 Å². The summed E-state index contributed by atoms with van der Waals surface area (Å²) in [5.41, 5.74) is 2.87. The lowest BCUT2D eigenvalue weighted by atomic mass is 10.1. The fourth-order valence-electron chi connectivity index (χ4n) is 2.05. The molecule has 0 spiro atoms. The lowest BCUT2D eigenvalue weighted by Crippen LogP contribution is -2.20. The molecule has 3 rings (SSSR count). The van der Waals surface area contributed by atoms with Crippen molar-refractivity contribution in [3.63, 3.8) is 0 Å². The van der Waals surface area contributed by atoms with Crippen LogP contribution in [0.4, 0.5) is 17.3 Å². The first-order chi connectivity index (χ1) is 9.13. The summed E-state index contributed by atoms with van der Waals surface area (Å²) in [6.07, 6.45) is 3.81. The Morgan fingerprint density at radius 2 is 2.05 bits per heavy atom. The minimum Gasteiger partial charge on any atom is -0.324 e. The third-order valence-electron chi connectivity index (χ3n) is 3.03. The molecule has 1 aliphatic rings. The molecule has 19 heavy (non-hydrogen) atoms. The van der Waals surface area contributed by atoms with E-state index in [9.17, 15) is 4.79 Å². The van der Waals surface area contributed by atoms with Gasteiger partial charge in [0.05, 0.1) is 10.9 Å². The molecule has 96 valence electrons. The second kappa shape index (κ2) is 4.62. The van der Waals surface area contributed by atoms with Crippen molar-refractivity contribution < 1.29 is 4.79 Å². The fourth-order valence-corrected chi connectivity index (χ4v) is 2.26. The summed E-state index contributed by atoms with van der Waals surface area (Å²) in [6, 6.07) is 5.81. The van der Waals surface area contributed by atoms with E-state index < -0.39 is 0 Å². The Labute approximate surface area is 118 Å². The first-order valence-electron chi connectivity index (χ1n) is 5.77. The number of fused-ring (bicyclic) bond motifs is 1. The molecule has 5 nitrogen and oxygen atoms in total. The average Bonchev–Trinajstić information content (AvgIpc) is 2.68. The van der Waals surface area contributed by atoms with Crippen LogP contribution < -0.4 is 10.2 Å². The van der Waals surface area contributed by atoms with Gasteiger partial charge in [-0.1, -0.05) is 0 Å². The zero-order valence-corrected chi connectivity index (χ0v) is 11.8. The molecule has 1 N–H and O–H groups in total. The summed E-state index contributed by atoms with van der Waals surface area (Å²) < 4.78 is 0.833. The van der Waals surface area contributed by atoms with Crippen molar-refractivity contribution in [2.75, 3.05) is 17.3 Å². The van der Waals surface area contributed by atoms with Crippen molar-refractivity contribution in [2.45, 2.75) is 6.42 Å². The van der Waals surface area contributed by atoms with E-state index in [2.05, 4.69) is 31.2 Å². The summed E-state index contributed by atoms with van der Waals surface area (Å²) in [7, 11) is 1.79. The lowest BCUT2D eigenvalue weighted by Gasteiger charge is -2.11. The Balaban J connectivity index is 1.86. The van der Waals surface area contributed by atoms with Crippen molar-refractivity contribution in [1.29, 1.82) is 0 Å². The number of rotatable bonds is 2. The Morgan fingerprint density at radius 1 is 1.32 bits per heavy atom. The zero-order valence-electron chi connectivity index (χ0n) is 10.2. The Bertz CT molecular complexity index is 642. The highest BCUT2D eigenvalue weighted by Gasteiger charge is 2.23. The van der Waals surface area contributed by atoms with Gasteiger partial charge in [0.15, 0.2) is 0 Å². The number of aromatic nitrogens is 2. The molecule has 0 bridgehead atoms. The van der Waals surface area contributed by atoms with Gasteiger partial charge in [0, 0.05) is 30.8 Å². The van der Waals surface area contributed by atoms with Crippen molar-refractivity contribution >= 4 is 39.2 Å². The quantitative estimate of drug-likeness (QED) is 0.924. The second-order valence-corrected chi connectivity index (χ2v) is 5.24. The van der Waals surface area contributed by atoms with Crippen LogP contribution in [0, 0.1) is 0 Å². The number of carbonyl (C=O) groups is 1. The minimum atomic E-state index is 0.118. The molecule has 0 saturated heterocycles. The molecule has 1 amide bonds. The average molecular weight is 319 g/mol. The first-order valence-corrected chi connectivity index (χ1v) is 6.57. The largest absolute Gasteiger partial charge is 0.324 e. The van der Waals surface area contributed by atoms with Gasteiger partial charge < -0.3 is 10.2 Å². The topological polar surface area (TPSA) is 58.1 Å². The van der Waals surface area contributed by atoms with Crippen LogP contribution in [0.15, 0.2) is 35.1 Å². The number of carbonyl (C=O) groups excluding carboxylic acids is 1. The molecular weight excluding hydrogens is 308 g/mol. The maximum absolute atomic E-state index is 11.6. The minimum absolute atomic E-state index is 0.118. The van der Waals surface area contributed by atoms with Crippen molar-refractivity contribution in [3.8, 4) is 0 Å². The molecule has 1 aromatic heterocycles. The lowest BCUT2D eigenvalue weighted by molar-refractivity contribution is -0.117. The summed E-state index contributed by atoms with van der Waals surface area (Å²) in [5, 5.41) is 3.12.